The number of halogens is 2. The normalized spacial score (nSPS) is 10.1. The van der Waals surface area contributed by atoms with E-state index in [4.69, 9.17) is 23.2 Å². The van der Waals surface area contributed by atoms with Crippen molar-refractivity contribution in [2.75, 3.05) is 16.0 Å². The lowest BCUT2D eigenvalue weighted by Crippen LogP contribution is -2.29. The number of hydrogen-bond donors (Lipinski definition) is 3. The first-order valence-corrected chi connectivity index (χ1v) is 8.76. The molecule has 27 heavy (non-hydrogen) atoms. The maximum atomic E-state index is 12.0. The number of benzene rings is 3. The van der Waals surface area contributed by atoms with Gasteiger partial charge in [0.25, 0.3) is 0 Å². The van der Waals surface area contributed by atoms with Crippen LogP contribution in [0.25, 0.3) is 0 Å². The second-order valence-corrected chi connectivity index (χ2v) is 6.42. The fourth-order valence-electron chi connectivity index (χ4n) is 2.27. The first-order valence-electron chi connectivity index (χ1n) is 8.01. The molecule has 0 unspecified atom stereocenters. The lowest BCUT2D eigenvalue weighted by molar-refractivity contribution is -0.132. The fraction of sp³-hybridized carbons (Fsp3) is 0. The van der Waals surface area contributed by atoms with Crippen LogP contribution in [0.5, 0.6) is 0 Å². The molecule has 0 bridgehead atoms. The summed E-state index contributed by atoms with van der Waals surface area (Å²) in [6, 6.07) is 21.3. The number of rotatable bonds is 4. The molecule has 2 amide bonds. The zero-order valence-corrected chi connectivity index (χ0v) is 15.5. The van der Waals surface area contributed by atoms with Crippen LogP contribution < -0.4 is 16.0 Å². The summed E-state index contributed by atoms with van der Waals surface area (Å²) in [5.41, 5.74) is 2.70. The van der Waals surface area contributed by atoms with Gasteiger partial charge in [0.2, 0.25) is 0 Å². The summed E-state index contributed by atoms with van der Waals surface area (Å²) in [7, 11) is 0. The van der Waals surface area contributed by atoms with Gasteiger partial charge >= 0.3 is 11.8 Å². The summed E-state index contributed by atoms with van der Waals surface area (Å²) >= 11 is 11.7. The van der Waals surface area contributed by atoms with Crippen LogP contribution in [0, 0.1) is 0 Å². The van der Waals surface area contributed by atoms with E-state index >= 15 is 0 Å². The predicted octanol–water partition coefficient (Wildman–Crippen LogP) is 5.31. The van der Waals surface area contributed by atoms with E-state index in [9.17, 15) is 9.59 Å². The van der Waals surface area contributed by atoms with Crippen molar-refractivity contribution in [1.29, 1.82) is 0 Å². The van der Waals surface area contributed by atoms with Gasteiger partial charge in [0.15, 0.2) is 0 Å². The predicted molar refractivity (Wildman–Crippen MR) is 110 cm³/mol. The lowest BCUT2D eigenvalue weighted by atomic mass is 10.2. The molecule has 0 fully saturated rings. The molecule has 0 aliphatic rings. The Bertz CT molecular complexity index is 961. The van der Waals surface area contributed by atoms with Gasteiger partial charge in [-0.15, -0.1) is 0 Å². The Kier molecular flexibility index (Phi) is 5.96. The molecule has 0 saturated carbocycles. The lowest BCUT2D eigenvalue weighted by Gasteiger charge is -2.09. The van der Waals surface area contributed by atoms with Crippen molar-refractivity contribution >= 4 is 57.8 Å². The van der Waals surface area contributed by atoms with E-state index in [0.29, 0.717) is 16.4 Å². The molecule has 0 aliphatic heterocycles. The highest BCUT2D eigenvalue weighted by molar-refractivity contribution is 6.44. The van der Waals surface area contributed by atoms with Crippen molar-refractivity contribution in [1.82, 2.24) is 0 Å². The number of carbonyl (C=O) groups is 2. The molecular weight excluding hydrogens is 385 g/mol. The van der Waals surface area contributed by atoms with E-state index in [0.717, 1.165) is 11.4 Å². The molecule has 3 N–H and O–H groups in total. The van der Waals surface area contributed by atoms with Crippen LogP contribution in [0.2, 0.25) is 10.0 Å². The van der Waals surface area contributed by atoms with Crippen LogP contribution in [0.1, 0.15) is 0 Å². The molecule has 3 aromatic rings. The van der Waals surface area contributed by atoms with Gasteiger partial charge in [0, 0.05) is 22.7 Å². The van der Waals surface area contributed by atoms with Crippen LogP contribution in [-0.2, 0) is 9.59 Å². The molecule has 0 aromatic heterocycles. The maximum Gasteiger partial charge on any atom is 0.314 e. The number of amides is 2. The molecule has 7 heteroatoms. The third kappa shape index (κ3) is 5.23. The summed E-state index contributed by atoms with van der Waals surface area (Å²) in [5, 5.41) is 8.90. The zero-order chi connectivity index (χ0) is 19.2. The smallest absolute Gasteiger partial charge is 0.314 e. The highest BCUT2D eigenvalue weighted by Crippen LogP contribution is 2.25. The topological polar surface area (TPSA) is 70.2 Å². The molecule has 136 valence electrons. The minimum Gasteiger partial charge on any atom is -0.356 e. The Morgan fingerprint density at radius 1 is 0.593 bits per heavy atom. The van der Waals surface area contributed by atoms with Crippen molar-refractivity contribution in [2.24, 2.45) is 0 Å². The Morgan fingerprint density at radius 2 is 1.11 bits per heavy atom. The zero-order valence-electron chi connectivity index (χ0n) is 14.0. The summed E-state index contributed by atoms with van der Waals surface area (Å²) in [6.07, 6.45) is 0. The van der Waals surface area contributed by atoms with Gasteiger partial charge in [-0.1, -0.05) is 41.4 Å². The summed E-state index contributed by atoms with van der Waals surface area (Å²) in [6.45, 7) is 0. The number of carbonyl (C=O) groups excluding carboxylic acids is 2. The third-order valence-electron chi connectivity index (χ3n) is 3.59. The van der Waals surface area contributed by atoms with E-state index in [1.54, 1.807) is 30.3 Å². The molecule has 5 nitrogen and oxygen atoms in total. The quantitative estimate of drug-likeness (QED) is 0.520. The van der Waals surface area contributed by atoms with Gasteiger partial charge in [-0.3, -0.25) is 9.59 Å². The first kappa shape index (κ1) is 18.8. The van der Waals surface area contributed by atoms with Gasteiger partial charge in [-0.25, -0.2) is 0 Å². The van der Waals surface area contributed by atoms with Crippen LogP contribution in [0.15, 0.2) is 72.8 Å². The largest absolute Gasteiger partial charge is 0.356 e. The van der Waals surface area contributed by atoms with Gasteiger partial charge in [-0.2, -0.15) is 0 Å². The van der Waals surface area contributed by atoms with Crippen LogP contribution in [0.3, 0.4) is 0 Å². The minimum absolute atomic E-state index is 0.288. The van der Waals surface area contributed by atoms with Gasteiger partial charge < -0.3 is 16.0 Å². The molecule has 0 aliphatic carbocycles. The molecule has 3 rings (SSSR count). The summed E-state index contributed by atoms with van der Waals surface area (Å²) in [5.74, 6) is -1.59. The monoisotopic (exact) mass is 399 g/mol. The minimum atomic E-state index is -0.806. The SMILES string of the molecule is O=C(Nc1ccc(Nc2ccccc2)cc1)C(=O)Nc1ccc(Cl)c(Cl)c1. The first-order chi connectivity index (χ1) is 13.0. The Hall–Kier alpha value is -3.02. The van der Waals surface area contributed by atoms with Crippen LogP contribution in [0.4, 0.5) is 22.7 Å². The summed E-state index contributed by atoms with van der Waals surface area (Å²) < 4.78 is 0. The van der Waals surface area contributed by atoms with Crippen LogP contribution >= 0.6 is 23.2 Å². The second kappa shape index (κ2) is 8.58. The maximum absolute atomic E-state index is 12.0. The number of hydrogen-bond acceptors (Lipinski definition) is 3. The standard InChI is InChI=1S/C20H15Cl2N3O2/c21-17-11-10-16(12-18(17)22)25-20(27)19(26)24-15-8-6-14(7-9-15)23-13-4-2-1-3-5-13/h1-12,23H,(H,24,26)(H,25,27). The van der Waals surface area contributed by atoms with E-state index in [2.05, 4.69) is 16.0 Å². The van der Waals surface area contributed by atoms with Gasteiger partial charge in [-0.05, 0) is 54.6 Å². The summed E-state index contributed by atoms with van der Waals surface area (Å²) in [4.78, 5) is 24.1. The van der Waals surface area contributed by atoms with Crippen molar-refractivity contribution in [3.05, 3.63) is 82.8 Å². The Balaban J connectivity index is 1.58. The average molecular weight is 400 g/mol. The highest BCUT2D eigenvalue weighted by atomic mass is 35.5. The van der Waals surface area contributed by atoms with Crippen molar-refractivity contribution in [3.63, 3.8) is 0 Å². The fourth-order valence-corrected chi connectivity index (χ4v) is 2.57. The molecule has 0 atom stereocenters. The molecule has 0 saturated heterocycles. The average Bonchev–Trinajstić information content (AvgIpc) is 2.67. The van der Waals surface area contributed by atoms with Gasteiger partial charge in [0.1, 0.15) is 0 Å². The number of para-hydroxylation sites is 1. The van der Waals surface area contributed by atoms with E-state index < -0.39 is 11.8 Å². The third-order valence-corrected chi connectivity index (χ3v) is 4.33. The van der Waals surface area contributed by atoms with E-state index in [1.807, 2.05) is 30.3 Å². The molecule has 0 heterocycles. The van der Waals surface area contributed by atoms with Crippen LogP contribution in [-0.4, -0.2) is 11.8 Å². The van der Waals surface area contributed by atoms with Crippen molar-refractivity contribution < 1.29 is 9.59 Å². The Labute approximate surface area is 166 Å². The van der Waals surface area contributed by atoms with Gasteiger partial charge in [0.05, 0.1) is 10.0 Å². The van der Waals surface area contributed by atoms with Crippen molar-refractivity contribution in [3.8, 4) is 0 Å². The molecule has 0 radical (unpaired) electrons. The highest BCUT2D eigenvalue weighted by Gasteiger charge is 2.14. The van der Waals surface area contributed by atoms with Crippen molar-refractivity contribution in [2.45, 2.75) is 0 Å². The Morgan fingerprint density at radius 3 is 1.74 bits per heavy atom. The molecule has 3 aromatic carbocycles. The molecular formula is C20H15Cl2N3O2. The second-order valence-electron chi connectivity index (χ2n) is 5.61. The number of anilines is 4. The molecule has 0 spiro atoms. The van der Waals surface area contributed by atoms with E-state index in [-0.39, 0.29) is 5.02 Å². The van der Waals surface area contributed by atoms with E-state index in [1.165, 1.54) is 12.1 Å². The number of nitrogens with one attached hydrogen (secondary N) is 3.